The molecule has 0 radical (unpaired) electrons. The van der Waals surface area contributed by atoms with Crippen molar-refractivity contribution in [3.05, 3.63) is 63.5 Å². The Balaban J connectivity index is 1.87. The maximum atomic E-state index is 13.8. The Bertz CT molecular complexity index is 802. The van der Waals surface area contributed by atoms with Gasteiger partial charge in [-0.25, -0.2) is 4.39 Å². The number of hydrogen-bond donors (Lipinski definition) is 1. The summed E-state index contributed by atoms with van der Waals surface area (Å²) in [4.78, 5) is 0. The molecule has 2 nitrogen and oxygen atoms in total. The van der Waals surface area contributed by atoms with Crippen molar-refractivity contribution in [3.63, 3.8) is 0 Å². The molecule has 1 N–H and O–H groups in total. The molecule has 1 atom stereocenters. The molecular formula is C16H12BrClFNO. The normalized spacial score (nSPS) is 12.6. The third kappa shape index (κ3) is 3.06. The van der Waals surface area contributed by atoms with Gasteiger partial charge in [0.1, 0.15) is 17.2 Å². The Morgan fingerprint density at radius 2 is 2.00 bits per heavy atom. The predicted molar refractivity (Wildman–Crippen MR) is 87.4 cm³/mol. The van der Waals surface area contributed by atoms with E-state index >= 15 is 0 Å². The van der Waals surface area contributed by atoms with Crippen LogP contribution in [-0.4, -0.2) is 0 Å². The van der Waals surface area contributed by atoms with Crippen LogP contribution in [0.2, 0.25) is 5.02 Å². The molecule has 0 aliphatic heterocycles. The van der Waals surface area contributed by atoms with Crippen LogP contribution in [0.3, 0.4) is 0 Å². The van der Waals surface area contributed by atoms with Crippen molar-refractivity contribution >= 4 is 44.2 Å². The number of benzene rings is 2. The first-order valence-corrected chi connectivity index (χ1v) is 7.60. The molecule has 1 aromatic heterocycles. The summed E-state index contributed by atoms with van der Waals surface area (Å²) in [6, 6.07) is 12.1. The second-order valence-corrected chi connectivity index (χ2v) is 6.17. The molecule has 3 rings (SSSR count). The Morgan fingerprint density at radius 3 is 2.76 bits per heavy atom. The van der Waals surface area contributed by atoms with Crippen LogP contribution in [0.25, 0.3) is 11.0 Å². The van der Waals surface area contributed by atoms with Gasteiger partial charge in [-0.05, 0) is 49.4 Å². The van der Waals surface area contributed by atoms with Crippen LogP contribution in [0, 0.1) is 5.82 Å². The van der Waals surface area contributed by atoms with Crippen LogP contribution in [0.15, 0.2) is 51.4 Å². The summed E-state index contributed by atoms with van der Waals surface area (Å²) in [5.41, 5.74) is 1.20. The minimum Gasteiger partial charge on any atom is -0.459 e. The third-order valence-electron chi connectivity index (χ3n) is 3.23. The van der Waals surface area contributed by atoms with Crippen molar-refractivity contribution in [3.8, 4) is 0 Å². The lowest BCUT2D eigenvalue weighted by Crippen LogP contribution is -2.06. The van der Waals surface area contributed by atoms with Gasteiger partial charge < -0.3 is 9.73 Å². The van der Waals surface area contributed by atoms with Gasteiger partial charge in [0.15, 0.2) is 0 Å². The van der Waals surface area contributed by atoms with Gasteiger partial charge in [0.25, 0.3) is 0 Å². The fraction of sp³-hybridized carbons (Fsp3) is 0.125. The van der Waals surface area contributed by atoms with E-state index in [1.54, 1.807) is 12.1 Å². The fourth-order valence-electron chi connectivity index (χ4n) is 2.16. The molecule has 0 spiro atoms. The summed E-state index contributed by atoms with van der Waals surface area (Å²) in [7, 11) is 0. The molecule has 0 saturated heterocycles. The molecule has 0 saturated carbocycles. The van der Waals surface area contributed by atoms with Crippen molar-refractivity contribution in [1.29, 1.82) is 0 Å². The molecule has 0 aliphatic rings. The minimum atomic E-state index is -0.381. The SMILES string of the molecule is CC(Nc1ccc(Cl)cc1F)c1cc2cc(Br)ccc2o1. The summed E-state index contributed by atoms with van der Waals surface area (Å²) in [5, 5.41) is 4.47. The van der Waals surface area contributed by atoms with Gasteiger partial charge in [-0.15, -0.1) is 0 Å². The van der Waals surface area contributed by atoms with Crippen molar-refractivity contribution in [2.45, 2.75) is 13.0 Å². The first kappa shape index (κ1) is 14.4. The smallest absolute Gasteiger partial charge is 0.147 e. The van der Waals surface area contributed by atoms with E-state index in [1.165, 1.54) is 6.07 Å². The molecule has 0 bridgehead atoms. The van der Waals surface area contributed by atoms with E-state index in [-0.39, 0.29) is 11.9 Å². The van der Waals surface area contributed by atoms with Crippen LogP contribution in [0.4, 0.5) is 10.1 Å². The molecular weight excluding hydrogens is 357 g/mol. The van der Waals surface area contributed by atoms with Gasteiger partial charge in [-0.1, -0.05) is 27.5 Å². The lowest BCUT2D eigenvalue weighted by molar-refractivity contribution is 0.524. The summed E-state index contributed by atoms with van der Waals surface area (Å²) in [6.07, 6.45) is 0. The molecule has 2 aromatic carbocycles. The molecule has 1 unspecified atom stereocenters. The average molecular weight is 369 g/mol. The van der Waals surface area contributed by atoms with Crippen molar-refractivity contribution in [2.24, 2.45) is 0 Å². The monoisotopic (exact) mass is 367 g/mol. The zero-order chi connectivity index (χ0) is 15.0. The van der Waals surface area contributed by atoms with Crippen LogP contribution in [-0.2, 0) is 0 Å². The number of rotatable bonds is 3. The van der Waals surface area contributed by atoms with Gasteiger partial charge in [0.2, 0.25) is 0 Å². The highest BCUT2D eigenvalue weighted by Gasteiger charge is 2.13. The zero-order valence-corrected chi connectivity index (χ0v) is 13.5. The first-order chi connectivity index (χ1) is 10.0. The fourth-order valence-corrected chi connectivity index (χ4v) is 2.70. The van der Waals surface area contributed by atoms with Gasteiger partial charge in [-0.2, -0.15) is 0 Å². The number of halogens is 3. The lowest BCUT2D eigenvalue weighted by Gasteiger charge is -2.13. The van der Waals surface area contributed by atoms with E-state index in [9.17, 15) is 4.39 Å². The van der Waals surface area contributed by atoms with E-state index in [2.05, 4.69) is 21.2 Å². The quantitative estimate of drug-likeness (QED) is 0.599. The van der Waals surface area contributed by atoms with Gasteiger partial charge in [0.05, 0.1) is 11.7 Å². The summed E-state index contributed by atoms with van der Waals surface area (Å²) in [6.45, 7) is 1.92. The topological polar surface area (TPSA) is 25.2 Å². The highest BCUT2D eigenvalue weighted by molar-refractivity contribution is 9.10. The highest BCUT2D eigenvalue weighted by Crippen LogP contribution is 2.29. The van der Waals surface area contributed by atoms with E-state index in [4.69, 9.17) is 16.0 Å². The average Bonchev–Trinajstić information content (AvgIpc) is 2.85. The summed E-state index contributed by atoms with van der Waals surface area (Å²) < 4.78 is 20.6. The number of nitrogens with one attached hydrogen (secondary N) is 1. The molecule has 0 aliphatic carbocycles. The van der Waals surface area contributed by atoms with Crippen molar-refractivity contribution in [2.75, 3.05) is 5.32 Å². The van der Waals surface area contributed by atoms with Gasteiger partial charge >= 0.3 is 0 Å². The number of anilines is 1. The molecule has 0 amide bonds. The molecule has 0 fully saturated rings. The number of fused-ring (bicyclic) bond motifs is 1. The van der Waals surface area contributed by atoms with Crippen molar-refractivity contribution < 1.29 is 8.81 Å². The van der Waals surface area contributed by atoms with Crippen molar-refractivity contribution in [1.82, 2.24) is 0 Å². The molecule has 108 valence electrons. The van der Waals surface area contributed by atoms with Crippen LogP contribution < -0.4 is 5.32 Å². The number of furan rings is 1. The Hall–Kier alpha value is -1.52. The molecule has 21 heavy (non-hydrogen) atoms. The maximum absolute atomic E-state index is 13.8. The summed E-state index contributed by atoms with van der Waals surface area (Å²) >= 11 is 9.18. The predicted octanol–water partition coefficient (Wildman–Crippen LogP) is 6.16. The first-order valence-electron chi connectivity index (χ1n) is 6.43. The van der Waals surface area contributed by atoms with Crippen LogP contribution >= 0.6 is 27.5 Å². The Morgan fingerprint density at radius 1 is 1.19 bits per heavy atom. The second kappa shape index (κ2) is 5.70. The highest BCUT2D eigenvalue weighted by atomic mass is 79.9. The second-order valence-electron chi connectivity index (χ2n) is 4.82. The largest absolute Gasteiger partial charge is 0.459 e. The third-order valence-corrected chi connectivity index (χ3v) is 3.96. The Kier molecular flexibility index (Phi) is 3.91. The van der Waals surface area contributed by atoms with Gasteiger partial charge in [-0.3, -0.25) is 0 Å². The Labute approximate surface area is 135 Å². The zero-order valence-electron chi connectivity index (χ0n) is 11.2. The number of hydrogen-bond acceptors (Lipinski definition) is 2. The van der Waals surface area contributed by atoms with Gasteiger partial charge in [0, 0.05) is 14.9 Å². The molecule has 3 aromatic rings. The lowest BCUT2D eigenvalue weighted by atomic mass is 10.2. The van der Waals surface area contributed by atoms with E-state index in [0.717, 1.165) is 21.2 Å². The van der Waals surface area contributed by atoms with E-state index in [0.29, 0.717) is 10.7 Å². The minimum absolute atomic E-state index is 0.160. The summed E-state index contributed by atoms with van der Waals surface area (Å²) in [5.74, 6) is 0.366. The molecule has 1 heterocycles. The standard InChI is InChI=1S/C16H12BrClFNO/c1-9(20-14-4-3-12(18)8-13(14)19)16-7-10-6-11(17)2-5-15(10)21-16/h2-9,20H,1H3. The van der Waals surface area contributed by atoms with Crippen LogP contribution in [0.1, 0.15) is 18.7 Å². The van der Waals surface area contributed by atoms with E-state index in [1.807, 2.05) is 31.2 Å². The molecule has 5 heteroatoms. The van der Waals surface area contributed by atoms with E-state index < -0.39 is 0 Å². The maximum Gasteiger partial charge on any atom is 0.147 e. The van der Waals surface area contributed by atoms with Crippen LogP contribution in [0.5, 0.6) is 0 Å².